The molecule has 0 aliphatic rings. The van der Waals surface area contributed by atoms with Crippen molar-refractivity contribution in [2.45, 2.75) is 25.9 Å². The molecule has 0 atom stereocenters. The van der Waals surface area contributed by atoms with Gasteiger partial charge in [-0.15, -0.1) is 0 Å². The van der Waals surface area contributed by atoms with E-state index in [0.29, 0.717) is 11.8 Å². The van der Waals surface area contributed by atoms with Crippen molar-refractivity contribution in [2.75, 3.05) is 22.5 Å². The number of rotatable bonds is 10. The van der Waals surface area contributed by atoms with Crippen molar-refractivity contribution < 1.29 is 31.5 Å². The number of carbonyl (C=O) groups is 1. The van der Waals surface area contributed by atoms with Gasteiger partial charge in [-0.1, -0.05) is 18.3 Å². The van der Waals surface area contributed by atoms with Crippen molar-refractivity contribution >= 4 is 33.9 Å². The maximum atomic E-state index is 13.3. The molecule has 10 nitrogen and oxygen atoms in total. The largest absolute Gasteiger partial charge is 0.424 e. The van der Waals surface area contributed by atoms with Gasteiger partial charge in [0, 0.05) is 18.9 Å². The number of hydrogen-bond acceptors (Lipinski definition) is 8. The lowest BCUT2D eigenvalue weighted by Gasteiger charge is -2.15. The number of amides is 2. The number of alkyl halides is 5. The molecule has 0 aliphatic carbocycles. The van der Waals surface area contributed by atoms with E-state index in [1.807, 2.05) is 12.1 Å². The smallest absolute Gasteiger partial charge is 0.416 e. The summed E-state index contributed by atoms with van der Waals surface area (Å²) in [7, 11) is 0. The molecule has 3 aromatic heterocycles. The zero-order valence-corrected chi connectivity index (χ0v) is 23.6. The van der Waals surface area contributed by atoms with Crippen LogP contribution in [-0.2, 0) is 6.18 Å². The fraction of sp³-hybridized carbons (Fsp3) is 0.179. The van der Waals surface area contributed by atoms with Gasteiger partial charge in [0.25, 0.3) is 6.43 Å². The maximum absolute atomic E-state index is 13.3. The lowest BCUT2D eigenvalue weighted by Crippen LogP contribution is -2.21. The lowest BCUT2D eigenvalue weighted by atomic mass is 10.1. The van der Waals surface area contributed by atoms with Crippen LogP contribution in [0.3, 0.4) is 0 Å². The van der Waals surface area contributed by atoms with Crippen molar-refractivity contribution in [1.82, 2.24) is 24.7 Å². The van der Waals surface area contributed by atoms with Gasteiger partial charge in [0.05, 0.1) is 39.9 Å². The van der Waals surface area contributed by atoms with Crippen LogP contribution in [0.5, 0.6) is 11.8 Å². The van der Waals surface area contributed by atoms with Gasteiger partial charge >= 0.3 is 18.2 Å². The third-order valence-electron chi connectivity index (χ3n) is 5.92. The Hall–Kier alpha value is -5.12. The van der Waals surface area contributed by atoms with E-state index >= 15 is 0 Å². The van der Waals surface area contributed by atoms with Gasteiger partial charge in [-0.3, -0.25) is 0 Å². The Labute approximate surface area is 251 Å². The third-order valence-corrected chi connectivity index (χ3v) is 6.92. The predicted molar refractivity (Wildman–Crippen MR) is 155 cm³/mol. The Kier molecular flexibility index (Phi) is 8.99. The number of ether oxygens (including phenoxy) is 1. The van der Waals surface area contributed by atoms with E-state index < -0.39 is 29.9 Å². The number of hydrogen-bond donors (Lipinski definition) is 3. The minimum absolute atomic E-state index is 0.0127. The number of aromatic nitrogens is 5. The van der Waals surface area contributed by atoms with E-state index in [4.69, 9.17) is 4.74 Å². The number of thiazole rings is 1. The molecule has 3 N–H and O–H groups in total. The molecule has 2 aromatic carbocycles. The first kappa shape index (κ1) is 30.3. The van der Waals surface area contributed by atoms with Gasteiger partial charge < -0.3 is 20.7 Å². The molecule has 16 heteroatoms. The lowest BCUT2D eigenvalue weighted by molar-refractivity contribution is -0.137. The normalized spacial score (nSPS) is 11.4. The molecule has 0 fully saturated rings. The van der Waals surface area contributed by atoms with Gasteiger partial charge in [-0.25, -0.2) is 33.2 Å². The molecule has 0 unspecified atom stereocenters. The minimum Gasteiger partial charge on any atom is -0.424 e. The Morgan fingerprint density at radius 2 is 1.75 bits per heavy atom. The first-order chi connectivity index (χ1) is 21.1. The Bertz CT molecular complexity index is 1720. The highest BCUT2D eigenvalue weighted by molar-refractivity contribution is 7.18. The van der Waals surface area contributed by atoms with Gasteiger partial charge in [0.15, 0.2) is 5.13 Å². The fourth-order valence-electron chi connectivity index (χ4n) is 3.83. The number of halogens is 5. The van der Waals surface area contributed by atoms with Crippen LogP contribution in [0.1, 0.15) is 31.0 Å². The average molecular weight is 631 g/mol. The van der Waals surface area contributed by atoms with Gasteiger partial charge in [0.2, 0.25) is 0 Å². The van der Waals surface area contributed by atoms with E-state index in [-0.39, 0.29) is 23.1 Å². The molecule has 0 spiro atoms. The summed E-state index contributed by atoms with van der Waals surface area (Å²) in [5, 5.41) is 12.5. The molecule has 5 aromatic rings. The quantitative estimate of drug-likeness (QED) is 0.134. The van der Waals surface area contributed by atoms with Crippen molar-refractivity contribution in [3.05, 3.63) is 84.6 Å². The number of nitrogens with one attached hydrogen (secondary N) is 3. The van der Waals surface area contributed by atoms with E-state index in [1.165, 1.54) is 23.7 Å². The second-order valence-electron chi connectivity index (χ2n) is 9.13. The van der Waals surface area contributed by atoms with Crippen molar-refractivity contribution in [3.63, 3.8) is 0 Å². The summed E-state index contributed by atoms with van der Waals surface area (Å²) in [4.78, 5) is 26.1. The molecule has 2 amide bonds. The van der Waals surface area contributed by atoms with E-state index in [1.54, 1.807) is 18.3 Å². The molecule has 44 heavy (non-hydrogen) atoms. The molecule has 3 heterocycles. The molecule has 0 radical (unpaired) electrons. The number of carbonyl (C=O) groups excluding carboxylic acids is 1. The van der Waals surface area contributed by atoms with Crippen LogP contribution in [0.25, 0.3) is 16.1 Å². The highest BCUT2D eigenvalue weighted by atomic mass is 32.1. The summed E-state index contributed by atoms with van der Waals surface area (Å²) in [5.41, 5.74) is -0.958. The van der Waals surface area contributed by atoms with Crippen LogP contribution in [0.2, 0.25) is 0 Å². The average Bonchev–Trinajstić information content (AvgIpc) is 3.68. The molecule has 5 rings (SSSR count). The Balaban J connectivity index is 1.23. The van der Waals surface area contributed by atoms with Crippen LogP contribution >= 0.6 is 11.3 Å². The van der Waals surface area contributed by atoms with Crippen LogP contribution in [-0.4, -0.2) is 37.3 Å². The second-order valence-corrected chi connectivity index (χ2v) is 10.2. The van der Waals surface area contributed by atoms with E-state index in [9.17, 15) is 26.7 Å². The van der Waals surface area contributed by atoms with Crippen LogP contribution in [0.15, 0.2) is 73.3 Å². The first-order valence-corrected chi connectivity index (χ1v) is 13.8. The third kappa shape index (κ3) is 7.44. The second kappa shape index (κ2) is 13.0. The summed E-state index contributed by atoms with van der Waals surface area (Å²) in [6.45, 7) is 2.92. The summed E-state index contributed by atoms with van der Waals surface area (Å²) < 4.78 is 72.6. The molecule has 0 saturated carbocycles. The van der Waals surface area contributed by atoms with E-state index in [0.717, 1.165) is 57.6 Å². The van der Waals surface area contributed by atoms with E-state index in [2.05, 4.69) is 42.9 Å². The molecular formula is C28H23F5N8O2S. The zero-order chi connectivity index (χ0) is 31.3. The topological polar surface area (TPSA) is 119 Å². The monoisotopic (exact) mass is 630 g/mol. The maximum Gasteiger partial charge on any atom is 0.416 e. The minimum atomic E-state index is -4.72. The van der Waals surface area contributed by atoms with Crippen molar-refractivity contribution in [3.8, 4) is 27.9 Å². The highest BCUT2D eigenvalue weighted by Crippen LogP contribution is 2.34. The number of anilines is 3. The SMILES string of the molecule is CCCNc1ncc(-c2ccc(Oc3ncc(NC(=O)Nc4cc(C(F)(F)F)ccc4-n4ccc(C(F)F)n4)cn3)cc2)s1. The zero-order valence-electron chi connectivity index (χ0n) is 22.8. The van der Waals surface area contributed by atoms with Crippen LogP contribution in [0, 0.1) is 0 Å². The number of benzene rings is 2. The standard InChI is InChI=1S/C28H23F5N8O2S/c1-2-10-34-27-37-15-23(44-27)16-3-6-19(7-4-16)43-26-35-13-18(14-36-26)38-25(42)39-21-12-17(28(31,32)33)5-8-22(21)41-11-9-20(40-41)24(29)30/h3-9,11-15,24H,2,10H2,1H3,(H,34,37)(H2,38,39,42). The Morgan fingerprint density at radius 3 is 2.41 bits per heavy atom. The molecule has 0 saturated heterocycles. The molecule has 0 bridgehead atoms. The molecule has 228 valence electrons. The van der Waals surface area contributed by atoms with Crippen LogP contribution < -0.4 is 20.7 Å². The van der Waals surface area contributed by atoms with Gasteiger partial charge in [-0.2, -0.15) is 18.3 Å². The number of nitrogens with zero attached hydrogens (tertiary/aromatic N) is 5. The Morgan fingerprint density at radius 1 is 1.00 bits per heavy atom. The molecular weight excluding hydrogens is 607 g/mol. The predicted octanol–water partition coefficient (Wildman–Crippen LogP) is 8.00. The van der Waals surface area contributed by atoms with Crippen molar-refractivity contribution in [1.29, 1.82) is 0 Å². The summed E-state index contributed by atoms with van der Waals surface area (Å²) in [5.74, 6) is 0.465. The summed E-state index contributed by atoms with van der Waals surface area (Å²) in [6, 6.07) is 9.74. The van der Waals surface area contributed by atoms with Gasteiger partial charge in [-0.05, 0) is 60.5 Å². The van der Waals surface area contributed by atoms with Gasteiger partial charge in [0.1, 0.15) is 11.4 Å². The summed E-state index contributed by atoms with van der Waals surface area (Å²) >= 11 is 1.54. The summed E-state index contributed by atoms with van der Waals surface area (Å²) in [6.07, 6.45) is -1.19. The first-order valence-electron chi connectivity index (χ1n) is 13.0. The molecule has 0 aliphatic heterocycles. The van der Waals surface area contributed by atoms with Crippen molar-refractivity contribution in [2.24, 2.45) is 0 Å². The number of urea groups is 1. The highest BCUT2D eigenvalue weighted by Gasteiger charge is 2.31. The van der Waals surface area contributed by atoms with Crippen LogP contribution in [0.4, 0.5) is 43.3 Å². The fourth-order valence-corrected chi connectivity index (χ4v) is 4.68.